The maximum absolute atomic E-state index is 14.6. The number of aryl methyl sites for hydroxylation is 2. The van der Waals surface area contributed by atoms with E-state index in [9.17, 15) is 18.0 Å². The molecule has 7 nitrogen and oxygen atoms in total. The van der Waals surface area contributed by atoms with Crippen LogP contribution >= 0.6 is 0 Å². The summed E-state index contributed by atoms with van der Waals surface area (Å²) < 4.78 is 29.6. The van der Waals surface area contributed by atoms with Crippen molar-refractivity contribution in [2.75, 3.05) is 10.8 Å². The lowest BCUT2D eigenvalue weighted by molar-refractivity contribution is -0.140. The van der Waals surface area contributed by atoms with Gasteiger partial charge in [-0.1, -0.05) is 103 Å². The smallest absolute Gasteiger partial charge is 0.264 e. The normalized spacial score (nSPS) is 12.3. The SMILES string of the molecule is CCc1ccccc1N(CC(=O)N(Cc1cccc(C)c1)[C@@H](Cc1ccccc1)C(=O)NC(C)(C)C)S(=O)(=O)c1ccccc1. The number of benzene rings is 4. The number of rotatable bonds is 12. The highest BCUT2D eigenvalue weighted by atomic mass is 32.2. The van der Waals surface area contributed by atoms with E-state index in [0.717, 1.165) is 22.3 Å². The molecule has 0 saturated carbocycles. The van der Waals surface area contributed by atoms with Gasteiger partial charge in [0.15, 0.2) is 0 Å². The lowest BCUT2D eigenvalue weighted by Gasteiger charge is -2.35. The molecule has 0 spiro atoms. The standard InChI is InChI=1S/C37H43N3O4S/c1-6-31-20-13-14-23-33(31)40(45(43,44)32-21-11-8-12-22-32)27-35(41)39(26-30-19-15-16-28(2)24-30)34(36(42)38-37(3,4)5)25-29-17-9-7-10-18-29/h7-24,34H,6,25-27H2,1-5H3,(H,38,42)/t34-/m0/s1. The predicted octanol–water partition coefficient (Wildman–Crippen LogP) is 6.31. The summed E-state index contributed by atoms with van der Waals surface area (Å²) in [6.07, 6.45) is 0.833. The monoisotopic (exact) mass is 625 g/mol. The number of sulfonamides is 1. The molecule has 1 N–H and O–H groups in total. The van der Waals surface area contributed by atoms with Crippen molar-refractivity contribution in [2.24, 2.45) is 0 Å². The van der Waals surface area contributed by atoms with Crippen molar-refractivity contribution < 1.29 is 18.0 Å². The maximum atomic E-state index is 14.6. The van der Waals surface area contributed by atoms with Gasteiger partial charge in [-0.15, -0.1) is 0 Å². The highest BCUT2D eigenvalue weighted by Crippen LogP contribution is 2.28. The Balaban J connectivity index is 1.84. The van der Waals surface area contributed by atoms with Gasteiger partial charge in [0.25, 0.3) is 10.0 Å². The van der Waals surface area contributed by atoms with Gasteiger partial charge < -0.3 is 10.2 Å². The molecule has 0 aliphatic carbocycles. The first kappa shape index (κ1) is 33.5. The molecule has 0 aliphatic heterocycles. The van der Waals surface area contributed by atoms with Crippen LogP contribution in [0, 0.1) is 6.92 Å². The van der Waals surface area contributed by atoms with Gasteiger partial charge in [0.2, 0.25) is 11.8 Å². The zero-order chi connectivity index (χ0) is 32.6. The first-order valence-electron chi connectivity index (χ1n) is 15.3. The molecule has 4 aromatic carbocycles. The fourth-order valence-corrected chi connectivity index (χ4v) is 6.77. The van der Waals surface area contributed by atoms with Gasteiger partial charge in [0, 0.05) is 18.5 Å². The minimum atomic E-state index is -4.14. The second kappa shape index (κ2) is 14.6. The van der Waals surface area contributed by atoms with Gasteiger partial charge in [-0.05, 0) is 69.0 Å². The number of carbonyl (C=O) groups is 2. The third kappa shape index (κ3) is 8.82. The Morgan fingerprint density at radius 2 is 1.40 bits per heavy atom. The molecule has 2 amide bonds. The molecule has 0 aliphatic rings. The molecule has 45 heavy (non-hydrogen) atoms. The first-order valence-corrected chi connectivity index (χ1v) is 16.7. The molecule has 8 heteroatoms. The van der Waals surface area contributed by atoms with Crippen LogP contribution in [-0.2, 0) is 39.0 Å². The maximum Gasteiger partial charge on any atom is 0.264 e. The first-order chi connectivity index (χ1) is 21.4. The topological polar surface area (TPSA) is 86.8 Å². The predicted molar refractivity (Wildman–Crippen MR) is 180 cm³/mol. The fourth-order valence-electron chi connectivity index (χ4n) is 5.30. The van der Waals surface area contributed by atoms with E-state index in [1.807, 2.05) is 101 Å². The van der Waals surface area contributed by atoms with Crippen LogP contribution in [-0.4, -0.2) is 43.3 Å². The molecule has 0 radical (unpaired) electrons. The van der Waals surface area contributed by atoms with Crippen LogP contribution in [0.4, 0.5) is 5.69 Å². The average Bonchev–Trinajstić information content (AvgIpc) is 3.01. The van der Waals surface area contributed by atoms with Crippen LogP contribution < -0.4 is 9.62 Å². The number of hydrogen-bond donors (Lipinski definition) is 1. The fraction of sp³-hybridized carbons (Fsp3) is 0.297. The molecule has 0 saturated heterocycles. The van der Waals surface area contributed by atoms with E-state index < -0.39 is 34.1 Å². The zero-order valence-electron chi connectivity index (χ0n) is 26.7. The molecule has 0 fully saturated rings. The lowest BCUT2D eigenvalue weighted by Crippen LogP contribution is -2.56. The van der Waals surface area contributed by atoms with Crippen LogP contribution in [0.3, 0.4) is 0 Å². The van der Waals surface area contributed by atoms with Crippen LogP contribution in [0.1, 0.15) is 49.9 Å². The Hall–Kier alpha value is -4.43. The summed E-state index contributed by atoms with van der Waals surface area (Å²) in [7, 11) is -4.14. The third-order valence-corrected chi connectivity index (χ3v) is 9.23. The van der Waals surface area contributed by atoms with E-state index in [0.29, 0.717) is 12.1 Å². The number of nitrogens with one attached hydrogen (secondary N) is 1. The van der Waals surface area contributed by atoms with E-state index in [1.165, 1.54) is 21.3 Å². The molecule has 0 unspecified atom stereocenters. The summed E-state index contributed by atoms with van der Waals surface area (Å²) in [4.78, 5) is 30.3. The Bertz CT molecular complexity index is 1700. The van der Waals surface area contributed by atoms with Crippen molar-refractivity contribution in [2.45, 2.75) is 70.5 Å². The van der Waals surface area contributed by atoms with E-state index >= 15 is 0 Å². The van der Waals surface area contributed by atoms with Gasteiger partial charge in [-0.25, -0.2) is 8.42 Å². The second-order valence-corrected chi connectivity index (χ2v) is 14.1. The number of anilines is 1. The molecule has 0 aromatic heterocycles. The Morgan fingerprint density at radius 3 is 2.02 bits per heavy atom. The Labute approximate surface area is 268 Å². The van der Waals surface area contributed by atoms with Crippen molar-refractivity contribution in [3.8, 4) is 0 Å². The highest BCUT2D eigenvalue weighted by Gasteiger charge is 2.36. The number of para-hydroxylation sites is 1. The van der Waals surface area contributed by atoms with Gasteiger partial charge >= 0.3 is 0 Å². The molecule has 1 atom stereocenters. The van der Waals surface area contributed by atoms with Gasteiger partial charge in [-0.2, -0.15) is 0 Å². The number of amides is 2. The molecule has 0 heterocycles. The van der Waals surface area contributed by atoms with E-state index in [-0.39, 0.29) is 23.8 Å². The third-order valence-electron chi connectivity index (χ3n) is 7.46. The Morgan fingerprint density at radius 1 is 0.800 bits per heavy atom. The molecule has 236 valence electrons. The molecule has 4 aromatic rings. The minimum absolute atomic E-state index is 0.0836. The van der Waals surface area contributed by atoms with Gasteiger partial charge in [0.1, 0.15) is 12.6 Å². The second-order valence-electron chi connectivity index (χ2n) is 12.3. The van der Waals surface area contributed by atoms with Crippen molar-refractivity contribution in [1.29, 1.82) is 0 Å². The van der Waals surface area contributed by atoms with Crippen LogP contribution in [0.2, 0.25) is 0 Å². The van der Waals surface area contributed by atoms with E-state index in [1.54, 1.807) is 30.3 Å². The molecular formula is C37H43N3O4S. The van der Waals surface area contributed by atoms with Crippen LogP contribution in [0.25, 0.3) is 0 Å². The van der Waals surface area contributed by atoms with Crippen molar-refractivity contribution in [1.82, 2.24) is 10.2 Å². The average molecular weight is 626 g/mol. The van der Waals surface area contributed by atoms with Crippen LogP contribution in [0.5, 0.6) is 0 Å². The largest absolute Gasteiger partial charge is 0.350 e. The zero-order valence-corrected chi connectivity index (χ0v) is 27.6. The number of carbonyl (C=O) groups excluding carboxylic acids is 2. The lowest BCUT2D eigenvalue weighted by atomic mass is 10.0. The minimum Gasteiger partial charge on any atom is -0.350 e. The molecule has 0 bridgehead atoms. The Kier molecular flexibility index (Phi) is 10.8. The summed E-state index contributed by atoms with van der Waals surface area (Å²) in [5.74, 6) is -0.786. The van der Waals surface area contributed by atoms with Gasteiger partial charge in [-0.3, -0.25) is 13.9 Å². The van der Waals surface area contributed by atoms with Crippen molar-refractivity contribution in [3.63, 3.8) is 0 Å². The summed E-state index contributed by atoms with van der Waals surface area (Å²) >= 11 is 0. The van der Waals surface area contributed by atoms with E-state index in [4.69, 9.17) is 0 Å². The quantitative estimate of drug-likeness (QED) is 0.200. The van der Waals surface area contributed by atoms with Crippen molar-refractivity contribution in [3.05, 3.63) is 131 Å². The van der Waals surface area contributed by atoms with Gasteiger partial charge in [0.05, 0.1) is 10.6 Å². The highest BCUT2D eigenvalue weighted by molar-refractivity contribution is 7.92. The van der Waals surface area contributed by atoms with Crippen molar-refractivity contribution >= 4 is 27.5 Å². The summed E-state index contributed by atoms with van der Waals surface area (Å²) in [5, 5.41) is 3.07. The van der Waals surface area contributed by atoms with E-state index in [2.05, 4.69) is 5.32 Å². The summed E-state index contributed by atoms with van der Waals surface area (Å²) in [5.41, 5.74) is 3.43. The molecule has 4 rings (SSSR count). The summed E-state index contributed by atoms with van der Waals surface area (Å²) in [6.45, 7) is 9.26. The summed E-state index contributed by atoms with van der Waals surface area (Å²) in [6, 6.07) is 31.8. The van der Waals surface area contributed by atoms with Crippen LogP contribution in [0.15, 0.2) is 114 Å². The molecular weight excluding hydrogens is 582 g/mol. The number of hydrogen-bond acceptors (Lipinski definition) is 4. The number of nitrogens with zero attached hydrogens (tertiary/aromatic N) is 2.